The van der Waals surface area contributed by atoms with Gasteiger partial charge in [0.1, 0.15) is 4.38 Å². The van der Waals surface area contributed by atoms with Gasteiger partial charge in [0.15, 0.2) is 11.6 Å². The lowest BCUT2D eigenvalue weighted by Gasteiger charge is -2.16. The molecule has 0 saturated carbocycles. The van der Waals surface area contributed by atoms with Crippen LogP contribution in [0.3, 0.4) is 0 Å². The van der Waals surface area contributed by atoms with Crippen LogP contribution in [0.4, 0.5) is 5.69 Å². The second-order valence-corrected chi connectivity index (χ2v) is 8.65. The molecular weight excluding hydrogens is 352 g/mol. The molecule has 130 valence electrons. The Labute approximate surface area is 155 Å². The number of aliphatic imine (C=N–C) groups is 1. The van der Waals surface area contributed by atoms with E-state index >= 15 is 0 Å². The first-order valence-corrected chi connectivity index (χ1v) is 9.95. The van der Waals surface area contributed by atoms with Crippen molar-refractivity contribution in [3.63, 3.8) is 0 Å². The highest BCUT2D eigenvalue weighted by atomic mass is 32.2. The Morgan fingerprint density at radius 1 is 1.28 bits per heavy atom. The molecule has 1 aromatic heterocycles. The Morgan fingerprint density at radius 2 is 2.00 bits per heavy atom. The van der Waals surface area contributed by atoms with Gasteiger partial charge in [0.2, 0.25) is 0 Å². The highest BCUT2D eigenvalue weighted by Gasteiger charge is 2.26. The molecule has 4 nitrogen and oxygen atoms in total. The lowest BCUT2D eigenvalue weighted by Crippen LogP contribution is -2.17. The van der Waals surface area contributed by atoms with Crippen LogP contribution < -0.4 is 0 Å². The van der Waals surface area contributed by atoms with E-state index in [9.17, 15) is 9.59 Å². The SMILES string of the molecule is CC(=O)c1c(C)[nH]c(C(=O)[C@H](C)SC2=Nc3ccccc3CS2)c1C. The number of carbonyl (C=O) groups excluding carboxylic acids is 2. The van der Waals surface area contributed by atoms with Crippen molar-refractivity contribution >= 4 is 45.2 Å². The van der Waals surface area contributed by atoms with Crippen LogP contribution in [0.1, 0.15) is 51.5 Å². The van der Waals surface area contributed by atoms with Crippen molar-refractivity contribution < 1.29 is 9.59 Å². The van der Waals surface area contributed by atoms with Crippen molar-refractivity contribution in [3.8, 4) is 0 Å². The minimum Gasteiger partial charge on any atom is -0.355 e. The monoisotopic (exact) mass is 372 g/mol. The second-order valence-electron chi connectivity index (χ2n) is 6.10. The molecule has 1 N–H and O–H groups in total. The molecule has 0 bridgehead atoms. The van der Waals surface area contributed by atoms with Gasteiger partial charge in [0, 0.05) is 17.0 Å². The van der Waals surface area contributed by atoms with Crippen molar-refractivity contribution in [1.29, 1.82) is 0 Å². The number of thioether (sulfide) groups is 2. The molecule has 6 heteroatoms. The topological polar surface area (TPSA) is 62.3 Å². The van der Waals surface area contributed by atoms with Gasteiger partial charge in [0.25, 0.3) is 0 Å². The number of fused-ring (bicyclic) bond motifs is 1. The molecule has 25 heavy (non-hydrogen) atoms. The van der Waals surface area contributed by atoms with E-state index in [-0.39, 0.29) is 16.8 Å². The summed E-state index contributed by atoms with van der Waals surface area (Å²) in [6.45, 7) is 7.07. The molecule has 1 aromatic carbocycles. The number of aromatic nitrogens is 1. The first-order valence-electron chi connectivity index (χ1n) is 8.09. The quantitative estimate of drug-likeness (QED) is 0.761. The van der Waals surface area contributed by atoms with Gasteiger partial charge in [0.05, 0.1) is 16.6 Å². The van der Waals surface area contributed by atoms with Gasteiger partial charge < -0.3 is 4.98 Å². The Bertz CT molecular complexity index is 884. The Kier molecular flexibility index (Phi) is 5.20. The van der Waals surface area contributed by atoms with E-state index in [1.54, 1.807) is 11.8 Å². The second kappa shape index (κ2) is 7.22. The zero-order chi connectivity index (χ0) is 18.1. The smallest absolute Gasteiger partial charge is 0.192 e. The van der Waals surface area contributed by atoms with Crippen molar-refractivity contribution in [2.45, 2.75) is 38.7 Å². The molecule has 0 unspecified atom stereocenters. The minimum atomic E-state index is -0.270. The van der Waals surface area contributed by atoms with Gasteiger partial charge in [-0.2, -0.15) is 0 Å². The van der Waals surface area contributed by atoms with Crippen LogP contribution in [0.2, 0.25) is 0 Å². The number of H-pyrrole nitrogens is 1. The van der Waals surface area contributed by atoms with E-state index in [4.69, 9.17) is 0 Å². The van der Waals surface area contributed by atoms with Gasteiger partial charge in [-0.3, -0.25) is 9.59 Å². The van der Waals surface area contributed by atoms with Crippen LogP contribution in [0.25, 0.3) is 0 Å². The molecule has 0 fully saturated rings. The summed E-state index contributed by atoms with van der Waals surface area (Å²) >= 11 is 3.14. The highest BCUT2D eigenvalue weighted by molar-refractivity contribution is 8.39. The number of hydrogen-bond donors (Lipinski definition) is 1. The normalized spacial score (nSPS) is 14.6. The van der Waals surface area contributed by atoms with E-state index < -0.39 is 0 Å². The number of Topliss-reactive ketones (excluding diaryl/α,β-unsaturated/α-hetero) is 2. The number of nitrogens with zero attached hydrogens (tertiary/aromatic N) is 1. The number of rotatable bonds is 4. The van der Waals surface area contributed by atoms with Crippen molar-refractivity contribution in [2.75, 3.05) is 0 Å². The summed E-state index contributed by atoms with van der Waals surface area (Å²) in [5.74, 6) is 0.854. The maximum absolute atomic E-state index is 12.8. The van der Waals surface area contributed by atoms with Crippen molar-refractivity contribution in [1.82, 2.24) is 4.98 Å². The van der Waals surface area contributed by atoms with Gasteiger partial charge >= 0.3 is 0 Å². The largest absolute Gasteiger partial charge is 0.355 e. The number of hydrogen-bond acceptors (Lipinski definition) is 5. The summed E-state index contributed by atoms with van der Waals surface area (Å²) in [4.78, 5) is 32.4. The van der Waals surface area contributed by atoms with Crippen LogP contribution in [0.15, 0.2) is 29.3 Å². The molecule has 1 atom stereocenters. The third kappa shape index (κ3) is 3.60. The molecule has 1 aliphatic rings. The molecule has 0 aliphatic carbocycles. The number of aryl methyl sites for hydroxylation is 1. The molecule has 0 amide bonds. The summed E-state index contributed by atoms with van der Waals surface area (Å²) in [6, 6.07) is 8.07. The van der Waals surface area contributed by atoms with Crippen molar-refractivity contribution in [2.24, 2.45) is 4.99 Å². The third-order valence-electron chi connectivity index (χ3n) is 4.24. The lowest BCUT2D eigenvalue weighted by molar-refractivity contribution is 0.0989. The molecule has 0 spiro atoms. The lowest BCUT2D eigenvalue weighted by atomic mass is 10.0. The molecule has 2 aromatic rings. The van der Waals surface area contributed by atoms with E-state index in [1.807, 2.05) is 39.0 Å². The number of para-hydroxylation sites is 1. The summed E-state index contributed by atoms with van der Waals surface area (Å²) in [5.41, 5.74) is 4.85. The highest BCUT2D eigenvalue weighted by Crippen LogP contribution is 2.36. The van der Waals surface area contributed by atoms with Crippen LogP contribution in [-0.4, -0.2) is 26.2 Å². The zero-order valence-corrected chi connectivity index (χ0v) is 16.3. The number of ketones is 2. The number of benzene rings is 1. The average molecular weight is 373 g/mol. The number of carbonyl (C=O) groups is 2. The molecule has 0 radical (unpaired) electrons. The van der Waals surface area contributed by atoms with E-state index in [1.165, 1.54) is 24.2 Å². The first-order chi connectivity index (χ1) is 11.9. The van der Waals surface area contributed by atoms with Crippen LogP contribution >= 0.6 is 23.5 Å². The molecule has 1 aliphatic heterocycles. The van der Waals surface area contributed by atoms with Gasteiger partial charge in [-0.25, -0.2) is 4.99 Å². The number of nitrogens with one attached hydrogen (secondary N) is 1. The maximum atomic E-state index is 12.8. The first kappa shape index (κ1) is 18.0. The zero-order valence-electron chi connectivity index (χ0n) is 14.7. The summed E-state index contributed by atoms with van der Waals surface area (Å²) < 4.78 is 0.910. The standard InChI is InChI=1S/C19H20N2O2S2/c1-10-16(12(3)22)11(2)20-17(10)18(23)13(4)25-19-21-15-8-6-5-7-14(15)9-24-19/h5-8,13,20H,9H2,1-4H3/t13-/m0/s1. The predicted molar refractivity (Wildman–Crippen MR) is 106 cm³/mol. The van der Waals surface area contributed by atoms with Crippen LogP contribution in [0, 0.1) is 13.8 Å². The van der Waals surface area contributed by atoms with Crippen molar-refractivity contribution in [3.05, 3.63) is 52.3 Å². The fraction of sp³-hybridized carbons (Fsp3) is 0.316. The molecular formula is C19H20N2O2S2. The summed E-state index contributed by atoms with van der Waals surface area (Å²) in [5, 5.41) is -0.270. The fourth-order valence-electron chi connectivity index (χ4n) is 3.00. The number of aromatic amines is 1. The van der Waals surface area contributed by atoms with Gasteiger partial charge in [-0.05, 0) is 44.9 Å². The molecule has 0 saturated heterocycles. The van der Waals surface area contributed by atoms with E-state index in [0.717, 1.165) is 27.1 Å². The van der Waals surface area contributed by atoms with E-state index in [2.05, 4.69) is 16.0 Å². The van der Waals surface area contributed by atoms with Gasteiger partial charge in [-0.15, -0.1) is 0 Å². The average Bonchev–Trinajstić information content (AvgIpc) is 2.88. The van der Waals surface area contributed by atoms with Crippen LogP contribution in [0.5, 0.6) is 0 Å². The fourth-order valence-corrected chi connectivity index (χ4v) is 5.25. The predicted octanol–water partition coefficient (Wildman–Crippen LogP) is 5.07. The Balaban J connectivity index is 1.80. The summed E-state index contributed by atoms with van der Waals surface area (Å²) in [7, 11) is 0. The van der Waals surface area contributed by atoms with Crippen LogP contribution in [-0.2, 0) is 5.75 Å². The van der Waals surface area contributed by atoms with E-state index in [0.29, 0.717) is 11.3 Å². The van der Waals surface area contributed by atoms with Gasteiger partial charge in [-0.1, -0.05) is 41.7 Å². The molecule has 2 heterocycles. The summed E-state index contributed by atoms with van der Waals surface area (Å²) in [6.07, 6.45) is 0. The molecule has 3 rings (SSSR count). The third-order valence-corrected chi connectivity index (χ3v) is 6.53. The maximum Gasteiger partial charge on any atom is 0.192 e. The Hall–Kier alpha value is -1.79. The Morgan fingerprint density at radius 3 is 2.68 bits per heavy atom. The minimum absolute atomic E-state index is 0.000239.